The summed E-state index contributed by atoms with van der Waals surface area (Å²) in [5, 5.41) is 2.66. The molecule has 21 heavy (non-hydrogen) atoms. The van der Waals surface area contributed by atoms with Gasteiger partial charge in [-0.1, -0.05) is 18.2 Å². The Morgan fingerprint density at radius 2 is 1.86 bits per heavy atom. The summed E-state index contributed by atoms with van der Waals surface area (Å²) in [6, 6.07) is 8.01. The molecule has 116 valence electrons. The maximum absolute atomic E-state index is 12.0. The Morgan fingerprint density at radius 3 is 2.52 bits per heavy atom. The van der Waals surface area contributed by atoms with Crippen LogP contribution in [0.1, 0.15) is 0 Å². The van der Waals surface area contributed by atoms with Crippen LogP contribution in [0.3, 0.4) is 0 Å². The molecule has 1 aliphatic heterocycles. The quantitative estimate of drug-likeness (QED) is 0.794. The van der Waals surface area contributed by atoms with Crippen LogP contribution >= 0.6 is 0 Å². The Balaban J connectivity index is 1.76. The molecule has 1 amide bonds. The van der Waals surface area contributed by atoms with Crippen molar-refractivity contribution in [3.63, 3.8) is 0 Å². The molecule has 1 saturated heterocycles. The molecule has 0 unspecified atom stereocenters. The highest BCUT2D eigenvalue weighted by Gasteiger charge is 2.19. The number of nitrogens with one attached hydrogen (secondary N) is 1. The highest BCUT2D eigenvalue weighted by atomic mass is 32.2. The molecular formula is C14H20N2O4S. The first kappa shape index (κ1) is 15.9. The summed E-state index contributed by atoms with van der Waals surface area (Å²) >= 11 is 0. The fourth-order valence-corrected chi connectivity index (χ4v) is 3.30. The number of benzene rings is 1. The molecule has 7 heteroatoms. The summed E-state index contributed by atoms with van der Waals surface area (Å²) in [6.45, 7) is 4.26. The van der Waals surface area contributed by atoms with Gasteiger partial charge in [-0.25, -0.2) is 8.42 Å². The molecule has 0 aliphatic carbocycles. The minimum atomic E-state index is -3.56. The molecule has 0 atom stereocenters. The summed E-state index contributed by atoms with van der Waals surface area (Å²) in [7, 11) is -3.56. The molecule has 2 rings (SSSR count). The maximum atomic E-state index is 12.0. The largest absolute Gasteiger partial charge is 0.379 e. The molecule has 0 aromatic heterocycles. The minimum absolute atomic E-state index is 0.174. The van der Waals surface area contributed by atoms with Crippen LogP contribution in [0.25, 0.3) is 0 Å². The van der Waals surface area contributed by atoms with Gasteiger partial charge in [-0.15, -0.1) is 0 Å². The number of morpholine rings is 1. The normalized spacial score (nSPS) is 16.6. The fourth-order valence-electron chi connectivity index (χ4n) is 2.11. The smallest absolute Gasteiger partial charge is 0.235 e. The van der Waals surface area contributed by atoms with E-state index in [1.807, 2.05) is 0 Å². The predicted octanol–water partition coefficient (Wildman–Crippen LogP) is -0.0913. The number of amides is 1. The zero-order valence-corrected chi connectivity index (χ0v) is 12.6. The van der Waals surface area contributed by atoms with Gasteiger partial charge in [0.05, 0.1) is 18.1 Å². The molecule has 1 N–H and O–H groups in total. The van der Waals surface area contributed by atoms with Gasteiger partial charge in [0.15, 0.2) is 9.84 Å². The second kappa shape index (κ2) is 7.53. The summed E-state index contributed by atoms with van der Waals surface area (Å²) in [5.41, 5.74) is 0. The molecule has 1 aliphatic rings. The van der Waals surface area contributed by atoms with Crippen LogP contribution in [-0.2, 0) is 19.4 Å². The number of carbonyl (C=O) groups is 1. The standard InChI is InChI=1S/C14H20N2O4S/c17-14(15-6-7-16-8-10-20-11-9-16)12-21(18,19)13-4-2-1-3-5-13/h1-5H,6-12H2,(H,15,17). The third kappa shape index (κ3) is 5.11. The lowest BCUT2D eigenvalue weighted by atomic mass is 10.4. The van der Waals surface area contributed by atoms with Crippen molar-refractivity contribution in [1.82, 2.24) is 10.2 Å². The van der Waals surface area contributed by atoms with Gasteiger partial charge in [-0.05, 0) is 12.1 Å². The first-order chi connectivity index (χ1) is 10.1. The van der Waals surface area contributed by atoms with Crippen LogP contribution in [0.5, 0.6) is 0 Å². The molecule has 1 aromatic rings. The van der Waals surface area contributed by atoms with Crippen molar-refractivity contribution in [3.8, 4) is 0 Å². The first-order valence-electron chi connectivity index (χ1n) is 6.92. The lowest BCUT2D eigenvalue weighted by Crippen LogP contribution is -2.42. The summed E-state index contributed by atoms with van der Waals surface area (Å²) in [5.74, 6) is -0.979. The molecule has 0 radical (unpaired) electrons. The molecule has 0 saturated carbocycles. The van der Waals surface area contributed by atoms with Crippen molar-refractivity contribution < 1.29 is 17.9 Å². The Morgan fingerprint density at radius 1 is 1.19 bits per heavy atom. The van der Waals surface area contributed by atoms with Crippen molar-refractivity contribution in [2.75, 3.05) is 45.1 Å². The number of sulfone groups is 1. The van der Waals surface area contributed by atoms with Crippen LogP contribution in [0, 0.1) is 0 Å². The van der Waals surface area contributed by atoms with Gasteiger partial charge >= 0.3 is 0 Å². The highest BCUT2D eigenvalue weighted by Crippen LogP contribution is 2.09. The second-order valence-corrected chi connectivity index (χ2v) is 6.87. The molecule has 6 nitrogen and oxygen atoms in total. The fraction of sp³-hybridized carbons (Fsp3) is 0.500. The monoisotopic (exact) mass is 312 g/mol. The van der Waals surface area contributed by atoms with Gasteiger partial charge in [0.1, 0.15) is 5.75 Å². The van der Waals surface area contributed by atoms with E-state index in [2.05, 4.69) is 10.2 Å². The molecule has 1 fully saturated rings. The van der Waals surface area contributed by atoms with E-state index in [9.17, 15) is 13.2 Å². The van der Waals surface area contributed by atoms with Crippen molar-refractivity contribution in [2.45, 2.75) is 4.90 Å². The van der Waals surface area contributed by atoms with Crippen molar-refractivity contribution in [3.05, 3.63) is 30.3 Å². The Hall–Kier alpha value is -1.44. The lowest BCUT2D eigenvalue weighted by molar-refractivity contribution is -0.118. The van der Waals surface area contributed by atoms with Crippen molar-refractivity contribution >= 4 is 15.7 Å². The van der Waals surface area contributed by atoms with E-state index in [4.69, 9.17) is 4.74 Å². The van der Waals surface area contributed by atoms with E-state index in [0.717, 1.165) is 13.1 Å². The van der Waals surface area contributed by atoms with Gasteiger partial charge < -0.3 is 10.1 Å². The third-order valence-corrected chi connectivity index (χ3v) is 4.91. The van der Waals surface area contributed by atoms with E-state index < -0.39 is 21.5 Å². The van der Waals surface area contributed by atoms with E-state index in [0.29, 0.717) is 26.3 Å². The van der Waals surface area contributed by atoms with Crippen LogP contribution in [0.15, 0.2) is 35.2 Å². The summed E-state index contributed by atoms with van der Waals surface area (Å²) in [4.78, 5) is 14.1. The van der Waals surface area contributed by atoms with Gasteiger partial charge in [-0.2, -0.15) is 0 Å². The number of rotatable bonds is 6. The molecule has 0 bridgehead atoms. The van der Waals surface area contributed by atoms with E-state index >= 15 is 0 Å². The highest BCUT2D eigenvalue weighted by molar-refractivity contribution is 7.92. The SMILES string of the molecule is O=C(CS(=O)(=O)c1ccccc1)NCCN1CCOCC1. The molecule has 0 spiro atoms. The molecule has 1 heterocycles. The zero-order chi connectivity index (χ0) is 15.1. The van der Waals surface area contributed by atoms with Crippen molar-refractivity contribution in [1.29, 1.82) is 0 Å². The van der Waals surface area contributed by atoms with Crippen LogP contribution in [-0.4, -0.2) is 64.4 Å². The first-order valence-corrected chi connectivity index (χ1v) is 8.58. The van der Waals surface area contributed by atoms with Gasteiger partial charge in [0.25, 0.3) is 0 Å². The maximum Gasteiger partial charge on any atom is 0.235 e. The molecular weight excluding hydrogens is 292 g/mol. The van der Waals surface area contributed by atoms with Crippen LogP contribution < -0.4 is 5.32 Å². The lowest BCUT2D eigenvalue weighted by Gasteiger charge is -2.26. The van der Waals surface area contributed by atoms with E-state index in [1.165, 1.54) is 12.1 Å². The molecule has 1 aromatic carbocycles. The average molecular weight is 312 g/mol. The Labute approximate surface area is 125 Å². The van der Waals surface area contributed by atoms with E-state index in [-0.39, 0.29) is 4.90 Å². The second-order valence-electron chi connectivity index (χ2n) is 4.88. The van der Waals surface area contributed by atoms with Crippen LogP contribution in [0.4, 0.5) is 0 Å². The minimum Gasteiger partial charge on any atom is -0.379 e. The zero-order valence-electron chi connectivity index (χ0n) is 11.8. The van der Waals surface area contributed by atoms with E-state index in [1.54, 1.807) is 18.2 Å². The number of nitrogens with zero attached hydrogens (tertiary/aromatic N) is 1. The van der Waals surface area contributed by atoms with Crippen LogP contribution in [0.2, 0.25) is 0 Å². The Kier molecular flexibility index (Phi) is 5.72. The number of carbonyl (C=O) groups excluding carboxylic acids is 1. The topological polar surface area (TPSA) is 75.7 Å². The average Bonchev–Trinajstić information content (AvgIpc) is 2.49. The summed E-state index contributed by atoms with van der Waals surface area (Å²) < 4.78 is 29.3. The number of hydrogen-bond acceptors (Lipinski definition) is 5. The number of ether oxygens (including phenoxy) is 1. The van der Waals surface area contributed by atoms with Gasteiger partial charge in [-0.3, -0.25) is 9.69 Å². The summed E-state index contributed by atoms with van der Waals surface area (Å²) in [6.07, 6.45) is 0. The predicted molar refractivity (Wildman–Crippen MR) is 78.8 cm³/mol. The Bertz CT molecular complexity index is 554. The van der Waals surface area contributed by atoms with Gasteiger partial charge in [0, 0.05) is 26.2 Å². The van der Waals surface area contributed by atoms with Gasteiger partial charge in [0.2, 0.25) is 5.91 Å². The van der Waals surface area contributed by atoms with Crippen molar-refractivity contribution in [2.24, 2.45) is 0 Å². The number of hydrogen-bond donors (Lipinski definition) is 1. The third-order valence-electron chi connectivity index (χ3n) is 3.28.